The third-order valence-corrected chi connectivity index (χ3v) is 14.2. The molecule has 0 fully saturated rings. The number of rotatable bonds is 4. The van der Waals surface area contributed by atoms with E-state index in [1.807, 2.05) is 0 Å². The van der Waals surface area contributed by atoms with Crippen molar-refractivity contribution in [1.29, 1.82) is 0 Å². The monoisotopic (exact) mass is 672 g/mol. The first-order chi connectivity index (χ1) is 20.6. The van der Waals surface area contributed by atoms with Crippen LogP contribution in [0.5, 0.6) is 0 Å². The molecule has 0 saturated heterocycles. The Morgan fingerprint density at radius 3 is 0.864 bits per heavy atom. The maximum Gasteiger partial charge on any atom is 0.504 e. The van der Waals surface area contributed by atoms with Gasteiger partial charge in [0, 0.05) is 0 Å². The van der Waals surface area contributed by atoms with E-state index in [1.165, 1.54) is 97.1 Å². The van der Waals surface area contributed by atoms with Gasteiger partial charge in [-0.15, -0.1) is 9.58 Å². The summed E-state index contributed by atoms with van der Waals surface area (Å²) in [5.74, 6) is 0. The molecule has 0 aromatic heterocycles. The summed E-state index contributed by atoms with van der Waals surface area (Å²) in [5, 5.41) is 0. The third kappa shape index (κ3) is 7.14. The van der Waals surface area contributed by atoms with Crippen molar-refractivity contribution < 1.29 is 43.3 Å². The Balaban J connectivity index is 0.000000241. The van der Waals surface area contributed by atoms with Gasteiger partial charge >= 0.3 is 8.75 Å². The summed E-state index contributed by atoms with van der Waals surface area (Å²) < 4.78 is 96.6. The predicted octanol–water partition coefficient (Wildman–Crippen LogP) is 3.66. The molecule has 4 rings (SSSR count). The number of nitrogens with zero attached hydrogens (tertiary/aromatic N) is 4. The van der Waals surface area contributed by atoms with Crippen molar-refractivity contribution in [3.8, 4) is 0 Å². The highest BCUT2D eigenvalue weighted by Gasteiger charge is 2.44. The summed E-state index contributed by atoms with van der Waals surface area (Å²) in [5.41, 5.74) is 19.6. The molecule has 0 bridgehead atoms. The van der Waals surface area contributed by atoms with Gasteiger partial charge in [-0.2, -0.15) is 0 Å². The molecule has 0 aliphatic heterocycles. The van der Waals surface area contributed by atoms with Crippen LogP contribution in [0, 0.1) is 13.8 Å². The zero-order chi connectivity index (χ0) is 32.8. The Hall–Kier alpha value is -4.56. The Kier molecular flexibility index (Phi) is 10.3. The SMILES string of the molecule is Cc1ccc(S(=O)(=O)C(=[N+]=[N-])S(=O)(=O)c2ccc(C)cc2)cc1.[N-]=[N+]=C(S(=O)(=O)c1ccccc1)S(=O)(=O)c1ccccc1. The van der Waals surface area contributed by atoms with Crippen LogP contribution >= 0.6 is 0 Å². The predicted molar refractivity (Wildman–Crippen MR) is 161 cm³/mol. The van der Waals surface area contributed by atoms with Crippen molar-refractivity contribution in [1.82, 2.24) is 0 Å². The summed E-state index contributed by atoms with van der Waals surface area (Å²) in [7, 11) is -17.8. The summed E-state index contributed by atoms with van der Waals surface area (Å²) in [6.45, 7) is 3.53. The highest BCUT2D eigenvalue weighted by molar-refractivity contribution is 8.31. The maximum atomic E-state index is 12.5. The van der Waals surface area contributed by atoms with E-state index in [9.17, 15) is 33.7 Å². The highest BCUT2D eigenvalue weighted by Crippen LogP contribution is 2.22. The van der Waals surface area contributed by atoms with Crippen LogP contribution in [0.25, 0.3) is 11.1 Å². The van der Waals surface area contributed by atoms with Crippen LogP contribution in [0.4, 0.5) is 0 Å². The minimum atomic E-state index is -4.47. The highest BCUT2D eigenvalue weighted by atomic mass is 32.3. The van der Waals surface area contributed by atoms with Crippen molar-refractivity contribution >= 4 is 48.1 Å². The van der Waals surface area contributed by atoms with E-state index in [1.54, 1.807) is 26.0 Å². The van der Waals surface area contributed by atoms with Crippen molar-refractivity contribution in [3.63, 3.8) is 0 Å². The van der Waals surface area contributed by atoms with Crippen LogP contribution in [0.2, 0.25) is 0 Å². The van der Waals surface area contributed by atoms with Crippen LogP contribution in [0.1, 0.15) is 11.1 Å². The second-order valence-electron chi connectivity index (χ2n) is 9.00. The maximum absolute atomic E-state index is 12.5. The molecule has 12 nitrogen and oxygen atoms in total. The number of sulfone groups is 4. The first-order valence-corrected chi connectivity index (χ1v) is 18.2. The lowest BCUT2D eigenvalue weighted by atomic mass is 10.2. The molecule has 16 heteroatoms. The Bertz CT molecular complexity index is 2060. The summed E-state index contributed by atoms with van der Waals surface area (Å²) in [4.78, 5) is 4.05. The standard InChI is InChI=1S/C15H14N2O4S2.C13H10N2O4S2/c1-11-3-7-13(8-4-11)22(18,19)15(17-16)23(20,21)14-9-5-12(2)6-10-14;14-15-13(20(16,17)11-7-3-1-4-8-11)21(18,19)12-9-5-2-6-10-12/h3-10H,1-2H3;1-10H. The molecule has 0 aliphatic carbocycles. The average molecular weight is 673 g/mol. The van der Waals surface area contributed by atoms with E-state index >= 15 is 0 Å². The smallest absolute Gasteiger partial charge is 0.359 e. The van der Waals surface area contributed by atoms with Crippen molar-refractivity contribution in [3.05, 3.63) is 131 Å². The van der Waals surface area contributed by atoms with Gasteiger partial charge < -0.3 is 11.1 Å². The average Bonchev–Trinajstić information content (AvgIpc) is 2.99. The minimum Gasteiger partial charge on any atom is -0.359 e. The molecule has 0 N–H and O–H groups in total. The lowest BCUT2D eigenvalue weighted by Gasteiger charge is -2.03. The van der Waals surface area contributed by atoms with Gasteiger partial charge in [-0.1, -0.05) is 71.8 Å². The van der Waals surface area contributed by atoms with Crippen LogP contribution in [-0.4, -0.2) is 52.0 Å². The van der Waals surface area contributed by atoms with Crippen LogP contribution < -0.4 is 0 Å². The van der Waals surface area contributed by atoms with Gasteiger partial charge in [-0.3, -0.25) is 0 Å². The summed E-state index contributed by atoms with van der Waals surface area (Å²) >= 11 is 0. The second-order valence-corrected chi connectivity index (χ2v) is 17.0. The zero-order valence-electron chi connectivity index (χ0n) is 23.1. The molecule has 0 unspecified atom stereocenters. The molecule has 0 saturated carbocycles. The van der Waals surface area contributed by atoms with Crippen molar-refractivity contribution in [2.24, 2.45) is 0 Å². The Morgan fingerprint density at radius 1 is 0.409 bits per heavy atom. The molecule has 4 aromatic rings. The molecule has 228 valence electrons. The van der Waals surface area contributed by atoms with Crippen LogP contribution in [0.15, 0.2) is 129 Å². The van der Waals surface area contributed by atoms with Gasteiger partial charge in [0.25, 0.3) is 39.3 Å². The van der Waals surface area contributed by atoms with E-state index in [0.29, 0.717) is 0 Å². The quantitative estimate of drug-likeness (QED) is 0.135. The molecule has 4 aromatic carbocycles. The van der Waals surface area contributed by atoms with Gasteiger partial charge in [0.1, 0.15) is 0 Å². The van der Waals surface area contributed by atoms with Gasteiger partial charge in [0.2, 0.25) is 0 Å². The molecular weight excluding hydrogens is 649 g/mol. The Morgan fingerprint density at radius 2 is 0.636 bits per heavy atom. The zero-order valence-corrected chi connectivity index (χ0v) is 26.3. The van der Waals surface area contributed by atoms with E-state index in [4.69, 9.17) is 11.1 Å². The number of benzene rings is 4. The van der Waals surface area contributed by atoms with Crippen LogP contribution in [0.3, 0.4) is 0 Å². The van der Waals surface area contributed by atoms with Crippen LogP contribution in [-0.2, 0) is 39.3 Å². The molecular formula is C28H24N4O8S4. The largest absolute Gasteiger partial charge is 0.504 e. The lowest BCUT2D eigenvalue weighted by molar-refractivity contribution is 0.00349. The molecule has 0 heterocycles. The fraction of sp³-hybridized carbons (Fsp3) is 0.0714. The van der Waals surface area contributed by atoms with Gasteiger partial charge in [0.05, 0.1) is 19.6 Å². The molecule has 0 radical (unpaired) electrons. The van der Waals surface area contributed by atoms with Crippen molar-refractivity contribution in [2.75, 3.05) is 0 Å². The van der Waals surface area contributed by atoms with Gasteiger partial charge in [-0.25, -0.2) is 33.7 Å². The van der Waals surface area contributed by atoms with E-state index < -0.39 is 48.1 Å². The molecule has 0 atom stereocenters. The normalized spacial score (nSPS) is 11.7. The fourth-order valence-electron chi connectivity index (χ4n) is 3.54. The fourth-order valence-corrected chi connectivity index (χ4v) is 10.3. The first kappa shape index (κ1) is 33.9. The van der Waals surface area contributed by atoms with E-state index in [2.05, 4.69) is 9.58 Å². The molecule has 0 aliphatic rings. The number of aryl methyl sites for hydroxylation is 2. The topological polar surface area (TPSA) is 209 Å². The van der Waals surface area contributed by atoms with Gasteiger partial charge in [-0.05, 0) is 62.4 Å². The van der Waals surface area contributed by atoms with E-state index in [0.717, 1.165) is 11.1 Å². The second kappa shape index (κ2) is 13.4. The Labute approximate surface area is 255 Å². The van der Waals surface area contributed by atoms with Crippen molar-refractivity contribution in [2.45, 2.75) is 33.4 Å². The summed E-state index contributed by atoms with van der Waals surface area (Å²) in [6.07, 6.45) is 0. The lowest BCUT2D eigenvalue weighted by Crippen LogP contribution is -2.26. The van der Waals surface area contributed by atoms with Gasteiger partial charge in [0.15, 0.2) is 0 Å². The first-order valence-electron chi connectivity index (χ1n) is 12.3. The third-order valence-electron chi connectivity index (χ3n) is 5.85. The molecule has 44 heavy (non-hydrogen) atoms. The molecule has 0 spiro atoms. The molecule has 0 amide bonds. The number of hydrogen-bond acceptors (Lipinski definition) is 8. The van der Waals surface area contributed by atoms with E-state index in [-0.39, 0.29) is 19.6 Å². The summed E-state index contributed by atoms with van der Waals surface area (Å²) in [6, 6.07) is 25.0. The minimum absolute atomic E-state index is 0.258. The number of hydrogen-bond donors (Lipinski definition) is 0.